The number of carbonyl (C=O) groups is 2. The van der Waals surface area contributed by atoms with Crippen molar-refractivity contribution in [3.05, 3.63) is 29.8 Å². The van der Waals surface area contributed by atoms with Crippen LogP contribution in [0.2, 0.25) is 0 Å². The molecule has 2 saturated heterocycles. The Morgan fingerprint density at radius 1 is 1.12 bits per heavy atom. The molecular formula is C17H24ClN3O4S. The van der Waals surface area contributed by atoms with Crippen LogP contribution in [-0.4, -0.2) is 75.1 Å². The summed E-state index contributed by atoms with van der Waals surface area (Å²) in [6.45, 7) is 2.81. The van der Waals surface area contributed by atoms with Crippen LogP contribution in [0.5, 0.6) is 0 Å². The minimum absolute atomic E-state index is 0. The molecule has 7 nitrogen and oxygen atoms in total. The topological polar surface area (TPSA) is 86.8 Å². The molecule has 1 aromatic rings. The van der Waals surface area contributed by atoms with Crippen LogP contribution in [0.25, 0.3) is 0 Å². The first-order valence-electron chi connectivity index (χ1n) is 8.48. The molecule has 1 unspecified atom stereocenters. The predicted octanol–water partition coefficient (Wildman–Crippen LogP) is 0.548. The SMILES string of the molecule is CS(=O)(=O)c1cccc(C(=O)N2CCN(C(=O)C3CCCN3)CC2)c1.Cl. The monoisotopic (exact) mass is 401 g/mol. The molecule has 0 aliphatic carbocycles. The van der Waals surface area contributed by atoms with Gasteiger partial charge in [0.15, 0.2) is 9.84 Å². The van der Waals surface area contributed by atoms with Crippen LogP contribution in [0.1, 0.15) is 23.2 Å². The van der Waals surface area contributed by atoms with E-state index in [1.165, 1.54) is 12.1 Å². The fourth-order valence-corrected chi connectivity index (χ4v) is 3.95. The van der Waals surface area contributed by atoms with Crippen LogP contribution in [0.15, 0.2) is 29.2 Å². The maximum atomic E-state index is 12.6. The Kier molecular flexibility index (Phi) is 6.65. The van der Waals surface area contributed by atoms with Crippen molar-refractivity contribution in [1.82, 2.24) is 15.1 Å². The first-order valence-corrected chi connectivity index (χ1v) is 10.4. The zero-order chi connectivity index (χ0) is 18.0. The summed E-state index contributed by atoms with van der Waals surface area (Å²) < 4.78 is 23.3. The molecule has 2 aliphatic rings. The Morgan fingerprint density at radius 3 is 2.35 bits per heavy atom. The van der Waals surface area contributed by atoms with Crippen molar-refractivity contribution in [2.24, 2.45) is 0 Å². The number of sulfone groups is 1. The summed E-state index contributed by atoms with van der Waals surface area (Å²) in [4.78, 5) is 28.6. The van der Waals surface area contributed by atoms with Gasteiger partial charge in [0, 0.05) is 38.0 Å². The average Bonchev–Trinajstić information content (AvgIpc) is 3.15. The molecule has 2 amide bonds. The predicted molar refractivity (Wildman–Crippen MR) is 100 cm³/mol. The van der Waals surface area contributed by atoms with Crippen LogP contribution in [-0.2, 0) is 14.6 Å². The average molecular weight is 402 g/mol. The molecule has 26 heavy (non-hydrogen) atoms. The van der Waals surface area contributed by atoms with Crippen LogP contribution in [0, 0.1) is 0 Å². The fourth-order valence-electron chi connectivity index (χ4n) is 3.29. The van der Waals surface area contributed by atoms with Gasteiger partial charge in [-0.2, -0.15) is 0 Å². The van der Waals surface area contributed by atoms with Gasteiger partial charge in [0.2, 0.25) is 5.91 Å². The number of amides is 2. The largest absolute Gasteiger partial charge is 0.338 e. The molecule has 0 spiro atoms. The summed E-state index contributed by atoms with van der Waals surface area (Å²) >= 11 is 0. The van der Waals surface area contributed by atoms with E-state index in [0.29, 0.717) is 31.7 Å². The molecule has 9 heteroatoms. The molecule has 1 atom stereocenters. The molecule has 2 aliphatic heterocycles. The number of hydrogen-bond donors (Lipinski definition) is 1. The Labute approximate surface area is 160 Å². The van der Waals surface area contributed by atoms with Gasteiger partial charge >= 0.3 is 0 Å². The van der Waals surface area contributed by atoms with E-state index in [-0.39, 0.29) is 35.2 Å². The smallest absolute Gasteiger partial charge is 0.254 e. The van der Waals surface area contributed by atoms with Crippen LogP contribution in [0.3, 0.4) is 0 Å². The molecule has 0 saturated carbocycles. The highest BCUT2D eigenvalue weighted by atomic mass is 35.5. The third kappa shape index (κ3) is 4.55. The van der Waals surface area contributed by atoms with Gasteiger partial charge in [0.05, 0.1) is 10.9 Å². The van der Waals surface area contributed by atoms with E-state index in [1.54, 1.807) is 21.9 Å². The minimum atomic E-state index is -3.35. The standard InChI is InChI=1S/C17H23N3O4S.ClH/c1-25(23,24)14-5-2-4-13(12-14)16(21)19-8-10-20(11-9-19)17(22)15-6-3-7-18-15;/h2,4-5,12,15,18H,3,6-11H2,1H3;1H. The molecular weight excluding hydrogens is 378 g/mol. The second-order valence-corrected chi connectivity index (χ2v) is 8.58. The first-order chi connectivity index (χ1) is 11.9. The summed E-state index contributed by atoms with van der Waals surface area (Å²) in [5.41, 5.74) is 0.361. The summed E-state index contributed by atoms with van der Waals surface area (Å²) in [5.74, 6) is -0.0831. The van der Waals surface area contributed by atoms with E-state index >= 15 is 0 Å². The highest BCUT2D eigenvalue weighted by Crippen LogP contribution is 2.16. The van der Waals surface area contributed by atoms with E-state index in [4.69, 9.17) is 0 Å². The van der Waals surface area contributed by atoms with E-state index in [1.807, 2.05) is 0 Å². The van der Waals surface area contributed by atoms with Crippen molar-refractivity contribution >= 4 is 34.1 Å². The number of nitrogens with one attached hydrogen (secondary N) is 1. The number of carbonyl (C=O) groups excluding carboxylic acids is 2. The second-order valence-electron chi connectivity index (χ2n) is 6.57. The van der Waals surface area contributed by atoms with Crippen molar-refractivity contribution in [3.63, 3.8) is 0 Å². The number of piperazine rings is 1. The summed E-state index contributed by atoms with van der Waals surface area (Å²) in [6, 6.07) is 6.01. The van der Waals surface area contributed by atoms with Gasteiger partial charge in [-0.3, -0.25) is 9.59 Å². The van der Waals surface area contributed by atoms with Crippen molar-refractivity contribution in [1.29, 1.82) is 0 Å². The van der Waals surface area contributed by atoms with Crippen molar-refractivity contribution in [3.8, 4) is 0 Å². The zero-order valence-corrected chi connectivity index (χ0v) is 16.3. The lowest BCUT2D eigenvalue weighted by molar-refractivity contribution is -0.134. The number of nitrogens with zero attached hydrogens (tertiary/aromatic N) is 2. The Hall–Kier alpha value is -1.64. The van der Waals surface area contributed by atoms with Gasteiger partial charge in [-0.1, -0.05) is 6.07 Å². The fraction of sp³-hybridized carbons (Fsp3) is 0.529. The molecule has 0 radical (unpaired) electrons. The first kappa shape index (κ1) is 20.7. The van der Waals surface area contributed by atoms with E-state index in [9.17, 15) is 18.0 Å². The minimum Gasteiger partial charge on any atom is -0.338 e. The van der Waals surface area contributed by atoms with Gasteiger partial charge in [-0.15, -0.1) is 12.4 Å². The highest BCUT2D eigenvalue weighted by Gasteiger charge is 2.30. The van der Waals surface area contributed by atoms with Crippen molar-refractivity contribution < 1.29 is 18.0 Å². The third-order valence-electron chi connectivity index (χ3n) is 4.75. The van der Waals surface area contributed by atoms with E-state index < -0.39 is 9.84 Å². The molecule has 0 bridgehead atoms. The maximum absolute atomic E-state index is 12.6. The molecule has 2 heterocycles. The zero-order valence-electron chi connectivity index (χ0n) is 14.7. The third-order valence-corrected chi connectivity index (χ3v) is 5.86. The molecule has 1 N–H and O–H groups in total. The van der Waals surface area contributed by atoms with Crippen LogP contribution >= 0.6 is 12.4 Å². The molecule has 2 fully saturated rings. The lowest BCUT2D eigenvalue weighted by Gasteiger charge is -2.36. The summed E-state index contributed by atoms with van der Waals surface area (Å²) in [7, 11) is -3.35. The lowest BCUT2D eigenvalue weighted by atomic mass is 10.1. The summed E-state index contributed by atoms with van der Waals surface area (Å²) in [6.07, 6.45) is 3.01. The second kappa shape index (κ2) is 8.37. The molecule has 1 aromatic carbocycles. The maximum Gasteiger partial charge on any atom is 0.254 e. The highest BCUT2D eigenvalue weighted by molar-refractivity contribution is 7.90. The van der Waals surface area contributed by atoms with Gasteiger partial charge in [0.25, 0.3) is 5.91 Å². The van der Waals surface area contributed by atoms with E-state index in [0.717, 1.165) is 25.6 Å². The number of halogens is 1. The number of rotatable bonds is 3. The van der Waals surface area contributed by atoms with Crippen molar-refractivity contribution in [2.45, 2.75) is 23.8 Å². The van der Waals surface area contributed by atoms with Crippen LogP contribution in [0.4, 0.5) is 0 Å². The van der Waals surface area contributed by atoms with Gasteiger partial charge in [-0.05, 0) is 37.6 Å². The molecule has 0 aromatic heterocycles. The molecule has 144 valence electrons. The van der Waals surface area contributed by atoms with E-state index in [2.05, 4.69) is 5.32 Å². The number of benzene rings is 1. The quantitative estimate of drug-likeness (QED) is 0.799. The van der Waals surface area contributed by atoms with Crippen molar-refractivity contribution in [2.75, 3.05) is 39.0 Å². The Morgan fingerprint density at radius 2 is 1.77 bits per heavy atom. The lowest BCUT2D eigenvalue weighted by Crippen LogP contribution is -2.54. The van der Waals surface area contributed by atoms with Gasteiger partial charge < -0.3 is 15.1 Å². The van der Waals surface area contributed by atoms with Crippen LogP contribution < -0.4 is 5.32 Å². The summed E-state index contributed by atoms with van der Waals surface area (Å²) in [5, 5.41) is 3.21. The normalized spacial score (nSPS) is 20.6. The van der Waals surface area contributed by atoms with Gasteiger partial charge in [0.1, 0.15) is 0 Å². The number of hydrogen-bond acceptors (Lipinski definition) is 5. The Bertz CT molecular complexity index is 770. The Balaban J connectivity index is 0.00000243. The molecule has 3 rings (SSSR count). The van der Waals surface area contributed by atoms with Gasteiger partial charge in [-0.25, -0.2) is 8.42 Å².